The van der Waals surface area contributed by atoms with Crippen LogP contribution in [0.25, 0.3) is 6.08 Å². The first-order valence-electron chi connectivity index (χ1n) is 10.5. The van der Waals surface area contributed by atoms with Gasteiger partial charge in [-0.3, -0.25) is 19.3 Å². The molecule has 2 aromatic rings. The quantitative estimate of drug-likeness (QED) is 0.268. The van der Waals surface area contributed by atoms with E-state index in [9.17, 15) is 14.4 Å². The topological polar surface area (TPSA) is 82.1 Å². The van der Waals surface area contributed by atoms with E-state index in [4.69, 9.17) is 25.8 Å². The maximum Gasteiger partial charge on any atom is 0.326 e. The van der Waals surface area contributed by atoms with Crippen molar-refractivity contribution >= 4 is 62.5 Å². The number of thioether (sulfide) groups is 1. The second-order valence-corrected chi connectivity index (χ2v) is 9.70. The van der Waals surface area contributed by atoms with Gasteiger partial charge in [-0.1, -0.05) is 29.8 Å². The molecule has 0 bridgehead atoms. The lowest BCUT2D eigenvalue weighted by Crippen LogP contribution is -2.35. The third-order valence-corrected chi connectivity index (χ3v) is 6.35. The van der Waals surface area contributed by atoms with Gasteiger partial charge in [0, 0.05) is 10.6 Å². The van der Waals surface area contributed by atoms with E-state index < -0.39 is 23.7 Å². The maximum atomic E-state index is 12.7. The Morgan fingerprint density at radius 2 is 1.94 bits per heavy atom. The molecule has 0 radical (unpaired) electrons. The molecular formula is C24H23BrClNO6S. The number of rotatable bonds is 9. The summed E-state index contributed by atoms with van der Waals surface area (Å²) in [6.45, 7) is 5.45. The Morgan fingerprint density at radius 1 is 1.21 bits per heavy atom. The van der Waals surface area contributed by atoms with Crippen LogP contribution in [0.4, 0.5) is 4.79 Å². The monoisotopic (exact) mass is 567 g/mol. The fourth-order valence-corrected chi connectivity index (χ4v) is 4.66. The summed E-state index contributed by atoms with van der Waals surface area (Å²) in [5.74, 6) is -0.234. The number of nitrogens with zero attached hydrogens (tertiary/aromatic N) is 1. The molecule has 2 amide bonds. The molecule has 1 saturated heterocycles. The molecule has 1 heterocycles. The Balaban J connectivity index is 1.82. The average molecular weight is 569 g/mol. The molecule has 1 aliphatic heterocycles. The summed E-state index contributed by atoms with van der Waals surface area (Å²) < 4.78 is 17.4. The van der Waals surface area contributed by atoms with Gasteiger partial charge in [-0.25, -0.2) is 0 Å². The van der Waals surface area contributed by atoms with Crippen molar-refractivity contribution in [2.75, 3.05) is 13.2 Å². The molecule has 1 fully saturated rings. The van der Waals surface area contributed by atoms with Crippen molar-refractivity contribution in [1.29, 1.82) is 0 Å². The molecule has 1 aliphatic rings. The summed E-state index contributed by atoms with van der Waals surface area (Å²) in [5, 5.41) is 0.0713. The largest absolute Gasteiger partial charge is 0.490 e. The molecule has 10 heteroatoms. The molecule has 2 aromatic carbocycles. The van der Waals surface area contributed by atoms with Gasteiger partial charge in [0.1, 0.15) is 13.2 Å². The Bertz CT molecular complexity index is 1140. The molecule has 7 nitrogen and oxygen atoms in total. The lowest BCUT2D eigenvalue weighted by Gasteiger charge is -2.15. The van der Waals surface area contributed by atoms with Crippen LogP contribution in [0.3, 0.4) is 0 Å². The van der Waals surface area contributed by atoms with E-state index in [1.807, 2.05) is 25.1 Å². The zero-order valence-electron chi connectivity index (χ0n) is 18.8. The molecule has 3 rings (SSSR count). The Hall–Kier alpha value is -2.49. The van der Waals surface area contributed by atoms with Crippen molar-refractivity contribution in [1.82, 2.24) is 4.90 Å². The van der Waals surface area contributed by atoms with E-state index in [1.54, 1.807) is 38.1 Å². The third kappa shape index (κ3) is 6.55. The van der Waals surface area contributed by atoms with E-state index in [-0.39, 0.29) is 17.6 Å². The molecule has 0 aliphatic carbocycles. The first-order valence-corrected chi connectivity index (χ1v) is 12.5. The SMILES string of the molecule is CCOc1cc(/C=C2/SC(=O)N(CC(=O)OC(C)C)C2=O)cc(Br)c1OCc1ccccc1Cl. The smallest absolute Gasteiger partial charge is 0.326 e. The number of benzene rings is 2. The summed E-state index contributed by atoms with van der Waals surface area (Å²) in [5.41, 5.74) is 1.45. The van der Waals surface area contributed by atoms with Gasteiger partial charge in [-0.15, -0.1) is 0 Å². The number of hydrogen-bond acceptors (Lipinski definition) is 7. The van der Waals surface area contributed by atoms with Crippen molar-refractivity contribution in [3.8, 4) is 11.5 Å². The molecule has 34 heavy (non-hydrogen) atoms. The van der Waals surface area contributed by atoms with Gasteiger partial charge in [-0.05, 0) is 78.3 Å². The minimum Gasteiger partial charge on any atom is -0.490 e. The summed E-state index contributed by atoms with van der Waals surface area (Å²) >= 11 is 10.5. The predicted octanol–water partition coefficient (Wildman–Crippen LogP) is 6.07. The number of carbonyl (C=O) groups excluding carboxylic acids is 3. The maximum absolute atomic E-state index is 12.7. The fourth-order valence-electron chi connectivity index (χ4n) is 3.06. The number of esters is 1. The van der Waals surface area contributed by atoms with Crippen LogP contribution in [0.1, 0.15) is 31.9 Å². The molecule has 0 atom stereocenters. The van der Waals surface area contributed by atoms with Crippen molar-refractivity contribution < 1.29 is 28.6 Å². The van der Waals surface area contributed by atoms with E-state index in [0.717, 1.165) is 22.2 Å². The van der Waals surface area contributed by atoms with Gasteiger partial charge in [-0.2, -0.15) is 0 Å². The van der Waals surface area contributed by atoms with Crippen LogP contribution in [0.15, 0.2) is 45.8 Å². The highest BCUT2D eigenvalue weighted by Crippen LogP contribution is 2.40. The summed E-state index contributed by atoms with van der Waals surface area (Å²) in [4.78, 5) is 38.0. The average Bonchev–Trinajstić information content (AvgIpc) is 3.01. The summed E-state index contributed by atoms with van der Waals surface area (Å²) in [6.07, 6.45) is 1.24. The van der Waals surface area contributed by atoms with Crippen LogP contribution in [0.5, 0.6) is 11.5 Å². The van der Waals surface area contributed by atoms with Crippen LogP contribution in [0.2, 0.25) is 5.02 Å². The summed E-state index contributed by atoms with van der Waals surface area (Å²) in [7, 11) is 0. The molecule has 0 spiro atoms. The molecule has 0 saturated carbocycles. The van der Waals surface area contributed by atoms with Crippen LogP contribution in [-0.4, -0.2) is 41.3 Å². The van der Waals surface area contributed by atoms with E-state index in [0.29, 0.717) is 33.2 Å². The number of imide groups is 1. The van der Waals surface area contributed by atoms with Gasteiger partial charge < -0.3 is 14.2 Å². The highest BCUT2D eigenvalue weighted by molar-refractivity contribution is 9.10. The van der Waals surface area contributed by atoms with Gasteiger partial charge >= 0.3 is 5.97 Å². The first kappa shape index (κ1) is 26.1. The number of hydrogen-bond donors (Lipinski definition) is 0. The van der Waals surface area contributed by atoms with E-state index in [1.165, 1.54) is 0 Å². The van der Waals surface area contributed by atoms with Crippen LogP contribution in [0, 0.1) is 0 Å². The van der Waals surface area contributed by atoms with Gasteiger partial charge in [0.25, 0.3) is 11.1 Å². The fraction of sp³-hybridized carbons (Fsp3) is 0.292. The lowest BCUT2D eigenvalue weighted by molar-refractivity contribution is -0.149. The minimum absolute atomic E-state index is 0.196. The highest BCUT2D eigenvalue weighted by atomic mass is 79.9. The van der Waals surface area contributed by atoms with E-state index in [2.05, 4.69) is 15.9 Å². The Kier molecular flexibility index (Phi) is 9.04. The predicted molar refractivity (Wildman–Crippen MR) is 135 cm³/mol. The Morgan fingerprint density at radius 3 is 2.62 bits per heavy atom. The minimum atomic E-state index is -0.639. The molecule has 0 N–H and O–H groups in total. The van der Waals surface area contributed by atoms with Crippen LogP contribution in [-0.2, 0) is 20.9 Å². The second-order valence-electron chi connectivity index (χ2n) is 7.45. The number of ether oxygens (including phenoxy) is 3. The van der Waals surface area contributed by atoms with Gasteiger partial charge in [0.2, 0.25) is 0 Å². The highest BCUT2D eigenvalue weighted by Gasteiger charge is 2.36. The zero-order chi connectivity index (χ0) is 24.8. The van der Waals surface area contributed by atoms with Gasteiger partial charge in [0.05, 0.1) is 22.1 Å². The third-order valence-electron chi connectivity index (χ3n) is 4.49. The van der Waals surface area contributed by atoms with Crippen molar-refractivity contribution in [2.24, 2.45) is 0 Å². The van der Waals surface area contributed by atoms with Crippen molar-refractivity contribution in [3.05, 3.63) is 61.9 Å². The first-order chi connectivity index (χ1) is 16.2. The van der Waals surface area contributed by atoms with E-state index >= 15 is 0 Å². The van der Waals surface area contributed by atoms with Crippen molar-refractivity contribution in [2.45, 2.75) is 33.5 Å². The zero-order valence-corrected chi connectivity index (χ0v) is 22.0. The lowest BCUT2D eigenvalue weighted by atomic mass is 10.1. The van der Waals surface area contributed by atoms with Crippen LogP contribution >= 0.6 is 39.3 Å². The normalized spacial score (nSPS) is 14.8. The molecular weight excluding hydrogens is 546 g/mol. The summed E-state index contributed by atoms with van der Waals surface area (Å²) in [6, 6.07) is 10.9. The molecule has 0 unspecified atom stereocenters. The van der Waals surface area contributed by atoms with Crippen molar-refractivity contribution in [3.63, 3.8) is 0 Å². The second kappa shape index (κ2) is 11.8. The number of amides is 2. The van der Waals surface area contributed by atoms with Gasteiger partial charge in [0.15, 0.2) is 11.5 Å². The van der Waals surface area contributed by atoms with Crippen LogP contribution < -0.4 is 9.47 Å². The number of halogens is 2. The molecule has 0 aromatic heterocycles. The molecule has 180 valence electrons. The standard InChI is InChI=1S/C24H23BrClNO6S/c1-4-31-19-10-15(9-17(25)22(19)32-13-16-7-5-6-8-18(16)26)11-20-23(29)27(24(30)34-20)12-21(28)33-14(2)3/h5-11,14H,4,12-13H2,1-3H3/b20-11+. The Labute approximate surface area is 215 Å². The number of carbonyl (C=O) groups is 3.